The largest absolute Gasteiger partial charge is 0.346 e. The van der Waals surface area contributed by atoms with Gasteiger partial charge in [-0.05, 0) is 56.3 Å². The van der Waals surface area contributed by atoms with Crippen molar-refractivity contribution < 1.29 is 13.2 Å². The first-order valence-corrected chi connectivity index (χ1v) is 12.1. The molecule has 2 N–H and O–H groups in total. The van der Waals surface area contributed by atoms with Crippen LogP contribution in [0.3, 0.4) is 0 Å². The summed E-state index contributed by atoms with van der Waals surface area (Å²) in [6.45, 7) is 0. The van der Waals surface area contributed by atoms with E-state index in [0.717, 1.165) is 29.6 Å². The number of aryl methyl sites for hydroxylation is 2. The van der Waals surface area contributed by atoms with Gasteiger partial charge in [0.2, 0.25) is 15.9 Å². The molecule has 11 heteroatoms. The molecule has 1 atom stereocenters. The van der Waals surface area contributed by atoms with Gasteiger partial charge in [0.1, 0.15) is 5.82 Å². The van der Waals surface area contributed by atoms with Crippen molar-refractivity contribution in [2.45, 2.75) is 30.2 Å². The Labute approximate surface area is 189 Å². The molecule has 3 heterocycles. The quantitative estimate of drug-likeness (QED) is 0.470. The molecule has 2 aromatic carbocycles. The summed E-state index contributed by atoms with van der Waals surface area (Å²) in [5.74, 6) is 0.585. The number of hydrogen-bond donors (Lipinski definition) is 2. The van der Waals surface area contributed by atoms with Crippen LogP contribution in [0.1, 0.15) is 31.1 Å². The van der Waals surface area contributed by atoms with Crippen LogP contribution in [0.4, 0.5) is 0 Å². The van der Waals surface area contributed by atoms with E-state index >= 15 is 0 Å². The van der Waals surface area contributed by atoms with E-state index in [9.17, 15) is 18.0 Å². The smallest absolute Gasteiger partial charge is 0.328 e. The third kappa shape index (κ3) is 3.35. The molecule has 172 valence electrons. The number of aromatic nitrogens is 4. The highest BCUT2D eigenvalue weighted by atomic mass is 32.2. The third-order valence-corrected chi connectivity index (χ3v) is 7.70. The fraction of sp³-hybridized carbons (Fsp3) is 0.318. The van der Waals surface area contributed by atoms with Crippen molar-refractivity contribution in [3.05, 3.63) is 52.7 Å². The first-order chi connectivity index (χ1) is 15.7. The lowest BCUT2D eigenvalue weighted by atomic mass is 10.0. The number of carbonyl (C=O) groups excluding carboxylic acids is 1. The minimum atomic E-state index is -3.64. The second-order valence-electron chi connectivity index (χ2n) is 8.25. The van der Waals surface area contributed by atoms with E-state index in [1.54, 1.807) is 29.3 Å². The SMILES string of the molecule is CNS(=O)(=O)c1ccc2c(c1)nc(C1CCCC(=O)N1)n2-c1ccc2c(c1)n(C)c(=O)n2C. The first kappa shape index (κ1) is 21.4. The van der Waals surface area contributed by atoms with Crippen LogP contribution in [-0.4, -0.2) is 40.1 Å². The van der Waals surface area contributed by atoms with Gasteiger partial charge in [-0.15, -0.1) is 0 Å². The number of nitrogens with zero attached hydrogens (tertiary/aromatic N) is 4. The van der Waals surface area contributed by atoms with Crippen molar-refractivity contribution in [2.75, 3.05) is 7.05 Å². The van der Waals surface area contributed by atoms with Crippen molar-refractivity contribution in [1.82, 2.24) is 28.7 Å². The summed E-state index contributed by atoms with van der Waals surface area (Å²) in [4.78, 5) is 29.4. The normalized spacial score (nSPS) is 17.1. The van der Waals surface area contributed by atoms with Gasteiger partial charge in [-0.1, -0.05) is 0 Å². The maximum atomic E-state index is 12.4. The molecule has 5 rings (SSSR count). The summed E-state index contributed by atoms with van der Waals surface area (Å²) in [7, 11) is 1.17. The number of fused-ring (bicyclic) bond motifs is 2. The monoisotopic (exact) mass is 468 g/mol. The summed E-state index contributed by atoms with van der Waals surface area (Å²) >= 11 is 0. The molecule has 0 radical (unpaired) electrons. The average molecular weight is 469 g/mol. The summed E-state index contributed by atoms with van der Waals surface area (Å²) in [6, 6.07) is 10.2. The van der Waals surface area contributed by atoms with Gasteiger partial charge in [0.15, 0.2) is 0 Å². The summed E-state index contributed by atoms with van der Waals surface area (Å²) in [6.07, 6.45) is 1.94. The van der Waals surface area contributed by atoms with Gasteiger partial charge in [0, 0.05) is 26.2 Å². The number of rotatable bonds is 4. The number of nitrogens with one attached hydrogen (secondary N) is 2. The topological polar surface area (TPSA) is 120 Å². The zero-order valence-electron chi connectivity index (χ0n) is 18.5. The highest BCUT2D eigenvalue weighted by Crippen LogP contribution is 2.31. The highest BCUT2D eigenvalue weighted by Gasteiger charge is 2.27. The van der Waals surface area contributed by atoms with E-state index in [2.05, 4.69) is 10.0 Å². The van der Waals surface area contributed by atoms with Crippen molar-refractivity contribution in [1.29, 1.82) is 0 Å². The van der Waals surface area contributed by atoms with E-state index in [-0.39, 0.29) is 22.5 Å². The first-order valence-electron chi connectivity index (χ1n) is 10.6. The Morgan fingerprint density at radius 1 is 1.03 bits per heavy atom. The van der Waals surface area contributed by atoms with Crippen LogP contribution in [-0.2, 0) is 28.9 Å². The molecule has 1 aliphatic heterocycles. The average Bonchev–Trinajstić information content (AvgIpc) is 3.30. The molecule has 33 heavy (non-hydrogen) atoms. The molecule has 2 aromatic heterocycles. The predicted molar refractivity (Wildman–Crippen MR) is 124 cm³/mol. The van der Waals surface area contributed by atoms with E-state index < -0.39 is 10.0 Å². The van der Waals surface area contributed by atoms with E-state index in [1.807, 2.05) is 22.8 Å². The Hall–Kier alpha value is -3.44. The second-order valence-corrected chi connectivity index (χ2v) is 10.1. The molecule has 1 aliphatic rings. The van der Waals surface area contributed by atoms with Crippen molar-refractivity contribution in [2.24, 2.45) is 14.1 Å². The standard InChI is InChI=1S/C22H24N6O4S/c1-23-33(31,32)14-8-10-17-16(12-14)25-21(15-5-4-6-20(29)24-15)28(17)13-7-9-18-19(11-13)27(3)22(30)26(18)2/h7-12,15,23H,4-6H2,1-3H3,(H,24,29). The fourth-order valence-corrected chi connectivity index (χ4v) is 5.25. The number of piperidine rings is 1. The van der Waals surface area contributed by atoms with Crippen molar-refractivity contribution in [3.8, 4) is 5.69 Å². The van der Waals surface area contributed by atoms with E-state index in [0.29, 0.717) is 23.3 Å². The lowest BCUT2D eigenvalue weighted by Gasteiger charge is -2.24. The highest BCUT2D eigenvalue weighted by molar-refractivity contribution is 7.89. The molecule has 4 aromatic rings. The van der Waals surface area contributed by atoms with Gasteiger partial charge in [-0.3, -0.25) is 18.5 Å². The van der Waals surface area contributed by atoms with Gasteiger partial charge in [-0.25, -0.2) is 22.9 Å². The maximum Gasteiger partial charge on any atom is 0.328 e. The Morgan fingerprint density at radius 3 is 2.48 bits per heavy atom. The zero-order valence-corrected chi connectivity index (χ0v) is 19.3. The van der Waals surface area contributed by atoms with Crippen molar-refractivity contribution in [3.63, 3.8) is 0 Å². The van der Waals surface area contributed by atoms with Crippen LogP contribution >= 0.6 is 0 Å². The zero-order chi connectivity index (χ0) is 23.5. The van der Waals surface area contributed by atoms with Crippen molar-refractivity contribution >= 4 is 38.0 Å². The minimum Gasteiger partial charge on any atom is -0.346 e. The van der Waals surface area contributed by atoms with Gasteiger partial charge in [0.25, 0.3) is 0 Å². The Balaban J connectivity index is 1.78. The van der Waals surface area contributed by atoms with Gasteiger partial charge in [-0.2, -0.15) is 0 Å². The van der Waals surface area contributed by atoms with Crippen LogP contribution in [0.25, 0.3) is 27.8 Å². The molecule has 0 bridgehead atoms. The molecular formula is C22H24N6O4S. The Morgan fingerprint density at radius 2 is 1.76 bits per heavy atom. The maximum absolute atomic E-state index is 12.4. The molecule has 1 unspecified atom stereocenters. The predicted octanol–water partition coefficient (Wildman–Crippen LogP) is 1.47. The van der Waals surface area contributed by atoms with Gasteiger partial charge >= 0.3 is 5.69 Å². The second kappa shape index (κ2) is 7.56. The number of benzene rings is 2. The minimum absolute atomic E-state index is 0.0378. The van der Waals surface area contributed by atoms with E-state index in [1.165, 1.54) is 19.2 Å². The summed E-state index contributed by atoms with van der Waals surface area (Å²) < 4.78 is 32.1. The number of sulfonamides is 1. The third-order valence-electron chi connectivity index (χ3n) is 6.29. The van der Waals surface area contributed by atoms with Gasteiger partial charge in [0.05, 0.1) is 33.0 Å². The molecule has 0 spiro atoms. The molecule has 1 amide bonds. The van der Waals surface area contributed by atoms with Crippen LogP contribution in [0.2, 0.25) is 0 Å². The number of amides is 1. The molecule has 0 aliphatic carbocycles. The number of hydrogen-bond acceptors (Lipinski definition) is 5. The molecular weight excluding hydrogens is 444 g/mol. The lowest BCUT2D eigenvalue weighted by Crippen LogP contribution is -2.34. The Bertz CT molecular complexity index is 1590. The fourth-order valence-electron chi connectivity index (χ4n) is 4.50. The molecule has 10 nitrogen and oxygen atoms in total. The van der Waals surface area contributed by atoms with E-state index in [4.69, 9.17) is 4.98 Å². The van der Waals surface area contributed by atoms with Gasteiger partial charge < -0.3 is 5.32 Å². The van der Waals surface area contributed by atoms with Crippen LogP contribution in [0.5, 0.6) is 0 Å². The van der Waals surface area contributed by atoms with Crippen LogP contribution in [0, 0.1) is 0 Å². The molecule has 1 fully saturated rings. The van der Waals surface area contributed by atoms with Crippen LogP contribution < -0.4 is 15.7 Å². The lowest BCUT2D eigenvalue weighted by molar-refractivity contribution is -0.123. The number of imidazole rings is 2. The van der Waals surface area contributed by atoms with Crippen LogP contribution in [0.15, 0.2) is 46.1 Å². The number of carbonyl (C=O) groups is 1. The molecule has 1 saturated heterocycles. The summed E-state index contributed by atoms with van der Waals surface area (Å²) in [5, 5.41) is 3.01. The Kier molecular flexibility index (Phi) is 4.91. The molecule has 0 saturated carbocycles. The summed E-state index contributed by atoms with van der Waals surface area (Å²) in [5.41, 5.74) is 3.41.